The normalized spacial score (nSPS) is 12.9. The number of rotatable bonds is 6. The molecular formula is C21H28IN3O3. The summed E-state index contributed by atoms with van der Waals surface area (Å²) in [7, 11) is 4.84. The molecule has 0 bridgehead atoms. The quantitative estimate of drug-likeness (QED) is 0.373. The Morgan fingerprint density at radius 3 is 2.36 bits per heavy atom. The largest absolute Gasteiger partial charge is 0.493 e. The van der Waals surface area contributed by atoms with Gasteiger partial charge in [0.05, 0.1) is 27.9 Å². The summed E-state index contributed by atoms with van der Waals surface area (Å²) in [5, 5.41) is 3.40. The van der Waals surface area contributed by atoms with Crippen molar-refractivity contribution in [1.82, 2.24) is 5.32 Å². The van der Waals surface area contributed by atoms with Gasteiger partial charge in [0.15, 0.2) is 17.5 Å². The van der Waals surface area contributed by atoms with Crippen LogP contribution >= 0.6 is 24.0 Å². The molecule has 0 aliphatic carbocycles. The summed E-state index contributed by atoms with van der Waals surface area (Å²) >= 11 is 0. The number of fused-ring (bicyclic) bond motifs is 1. The summed E-state index contributed by atoms with van der Waals surface area (Å²) in [6, 6.07) is 12.4. The second-order valence-electron chi connectivity index (χ2n) is 6.23. The lowest BCUT2D eigenvalue weighted by Crippen LogP contribution is -2.40. The van der Waals surface area contributed by atoms with Crippen molar-refractivity contribution in [2.45, 2.75) is 19.9 Å². The predicted octanol–water partition coefficient (Wildman–Crippen LogP) is 3.86. The number of nitrogens with zero attached hydrogens (tertiary/aromatic N) is 2. The van der Waals surface area contributed by atoms with Crippen molar-refractivity contribution in [1.29, 1.82) is 0 Å². The van der Waals surface area contributed by atoms with E-state index in [0.717, 1.165) is 31.0 Å². The van der Waals surface area contributed by atoms with E-state index in [1.54, 1.807) is 21.3 Å². The number of guanidine groups is 1. The number of ether oxygens (including phenoxy) is 3. The van der Waals surface area contributed by atoms with Crippen LogP contribution in [-0.2, 0) is 13.0 Å². The zero-order valence-corrected chi connectivity index (χ0v) is 19.2. The molecule has 0 atom stereocenters. The third-order valence-corrected chi connectivity index (χ3v) is 4.61. The van der Waals surface area contributed by atoms with E-state index in [-0.39, 0.29) is 24.0 Å². The van der Waals surface area contributed by atoms with E-state index in [0.29, 0.717) is 23.8 Å². The van der Waals surface area contributed by atoms with Gasteiger partial charge in [-0.2, -0.15) is 0 Å². The molecule has 0 radical (unpaired) electrons. The van der Waals surface area contributed by atoms with Gasteiger partial charge < -0.3 is 24.4 Å². The molecule has 0 spiro atoms. The van der Waals surface area contributed by atoms with Crippen LogP contribution < -0.4 is 24.4 Å². The summed E-state index contributed by atoms with van der Waals surface area (Å²) in [4.78, 5) is 7.10. The maximum atomic E-state index is 5.44. The number of aliphatic imine (C=N–C) groups is 1. The Kier molecular flexibility index (Phi) is 8.22. The fourth-order valence-electron chi connectivity index (χ4n) is 3.35. The molecule has 0 aromatic heterocycles. The van der Waals surface area contributed by atoms with Gasteiger partial charge in [0.2, 0.25) is 5.75 Å². The van der Waals surface area contributed by atoms with Crippen molar-refractivity contribution in [2.75, 3.05) is 39.3 Å². The lowest BCUT2D eigenvalue weighted by molar-refractivity contribution is 0.324. The highest BCUT2D eigenvalue weighted by atomic mass is 127. The highest BCUT2D eigenvalue weighted by Gasteiger charge is 2.22. The molecule has 1 aliphatic heterocycles. The zero-order chi connectivity index (χ0) is 19.2. The highest BCUT2D eigenvalue weighted by molar-refractivity contribution is 14.0. The first-order chi connectivity index (χ1) is 13.2. The summed E-state index contributed by atoms with van der Waals surface area (Å²) in [5.41, 5.74) is 3.57. The van der Waals surface area contributed by atoms with Crippen LogP contribution in [0.15, 0.2) is 41.4 Å². The molecule has 2 aromatic carbocycles. The molecule has 1 heterocycles. The topological polar surface area (TPSA) is 55.3 Å². The standard InChI is InChI=1S/C21H27N3O3.HI/c1-5-22-21(24-11-10-16-8-6-7-9-17(16)24)23-14-15-12-18(25-2)20(27-4)19(13-15)26-3;/h6-9,12-13H,5,10-11,14H2,1-4H3,(H,22,23);1H. The first-order valence-electron chi connectivity index (χ1n) is 9.14. The van der Waals surface area contributed by atoms with Crippen LogP contribution in [-0.4, -0.2) is 40.4 Å². The van der Waals surface area contributed by atoms with Crippen molar-refractivity contribution in [3.05, 3.63) is 47.5 Å². The van der Waals surface area contributed by atoms with Gasteiger partial charge in [-0.05, 0) is 42.7 Å². The maximum Gasteiger partial charge on any atom is 0.203 e. The van der Waals surface area contributed by atoms with E-state index in [4.69, 9.17) is 19.2 Å². The van der Waals surface area contributed by atoms with Crippen LogP contribution in [0.4, 0.5) is 5.69 Å². The van der Waals surface area contributed by atoms with Crippen LogP contribution in [0.3, 0.4) is 0 Å². The summed E-state index contributed by atoms with van der Waals surface area (Å²) in [5.74, 6) is 2.75. The van der Waals surface area contributed by atoms with E-state index in [1.165, 1.54) is 11.3 Å². The van der Waals surface area contributed by atoms with Gasteiger partial charge in [0.1, 0.15) is 0 Å². The maximum absolute atomic E-state index is 5.44. The van der Waals surface area contributed by atoms with E-state index in [1.807, 2.05) is 12.1 Å². The molecule has 152 valence electrons. The third kappa shape index (κ3) is 4.63. The Balaban J connectivity index is 0.00000280. The van der Waals surface area contributed by atoms with Gasteiger partial charge in [0.25, 0.3) is 0 Å². The number of anilines is 1. The number of halogens is 1. The minimum Gasteiger partial charge on any atom is -0.493 e. The van der Waals surface area contributed by atoms with Crippen LogP contribution in [0, 0.1) is 0 Å². The molecule has 0 amide bonds. The van der Waals surface area contributed by atoms with Gasteiger partial charge in [0, 0.05) is 18.8 Å². The Bertz CT molecular complexity index is 801. The number of methoxy groups -OCH3 is 3. The van der Waals surface area contributed by atoms with E-state index < -0.39 is 0 Å². The summed E-state index contributed by atoms with van der Waals surface area (Å²) in [6.07, 6.45) is 1.03. The molecule has 0 unspecified atom stereocenters. The van der Waals surface area contributed by atoms with Crippen molar-refractivity contribution in [3.63, 3.8) is 0 Å². The van der Waals surface area contributed by atoms with Crippen LogP contribution in [0.25, 0.3) is 0 Å². The molecule has 2 aromatic rings. The van der Waals surface area contributed by atoms with Crippen molar-refractivity contribution in [2.24, 2.45) is 4.99 Å². The number of benzene rings is 2. The fraction of sp³-hybridized carbons (Fsp3) is 0.381. The van der Waals surface area contributed by atoms with E-state index in [2.05, 4.69) is 41.4 Å². The van der Waals surface area contributed by atoms with Crippen molar-refractivity contribution in [3.8, 4) is 17.2 Å². The molecule has 1 N–H and O–H groups in total. The minimum atomic E-state index is 0. The molecule has 7 heteroatoms. The molecule has 6 nitrogen and oxygen atoms in total. The van der Waals surface area contributed by atoms with Crippen LogP contribution in [0.2, 0.25) is 0 Å². The van der Waals surface area contributed by atoms with Crippen molar-refractivity contribution >= 4 is 35.6 Å². The van der Waals surface area contributed by atoms with E-state index >= 15 is 0 Å². The van der Waals surface area contributed by atoms with Gasteiger partial charge >= 0.3 is 0 Å². The average molecular weight is 497 g/mol. The minimum absolute atomic E-state index is 0. The summed E-state index contributed by atoms with van der Waals surface area (Å²) < 4.78 is 16.3. The second kappa shape index (κ2) is 10.4. The molecular weight excluding hydrogens is 469 g/mol. The number of hydrogen-bond donors (Lipinski definition) is 1. The Morgan fingerprint density at radius 1 is 1.07 bits per heavy atom. The molecule has 0 saturated carbocycles. The van der Waals surface area contributed by atoms with Gasteiger partial charge in [-0.25, -0.2) is 4.99 Å². The van der Waals surface area contributed by atoms with Gasteiger partial charge in [-0.1, -0.05) is 18.2 Å². The highest BCUT2D eigenvalue weighted by Crippen LogP contribution is 2.38. The number of nitrogens with one attached hydrogen (secondary N) is 1. The SMILES string of the molecule is CCNC(=NCc1cc(OC)c(OC)c(OC)c1)N1CCc2ccccc21.I. The predicted molar refractivity (Wildman–Crippen MR) is 124 cm³/mol. The molecule has 0 fully saturated rings. The van der Waals surface area contributed by atoms with Crippen molar-refractivity contribution < 1.29 is 14.2 Å². The average Bonchev–Trinajstić information content (AvgIpc) is 3.14. The smallest absolute Gasteiger partial charge is 0.203 e. The second-order valence-corrected chi connectivity index (χ2v) is 6.23. The number of hydrogen-bond acceptors (Lipinski definition) is 4. The van der Waals surface area contributed by atoms with E-state index in [9.17, 15) is 0 Å². The monoisotopic (exact) mass is 497 g/mol. The first kappa shape index (κ1) is 22.1. The molecule has 1 aliphatic rings. The molecule has 3 rings (SSSR count). The lowest BCUT2D eigenvalue weighted by Gasteiger charge is -2.22. The summed E-state index contributed by atoms with van der Waals surface area (Å²) in [6.45, 7) is 4.34. The van der Waals surface area contributed by atoms with Crippen LogP contribution in [0.5, 0.6) is 17.2 Å². The Morgan fingerprint density at radius 2 is 1.75 bits per heavy atom. The third-order valence-electron chi connectivity index (χ3n) is 4.61. The Hall–Kier alpha value is -2.16. The van der Waals surface area contributed by atoms with Gasteiger partial charge in [-0.3, -0.25) is 0 Å². The fourth-order valence-corrected chi connectivity index (χ4v) is 3.35. The first-order valence-corrected chi connectivity index (χ1v) is 9.14. The lowest BCUT2D eigenvalue weighted by atomic mass is 10.2. The zero-order valence-electron chi connectivity index (χ0n) is 16.8. The van der Waals surface area contributed by atoms with Gasteiger partial charge in [-0.15, -0.1) is 24.0 Å². The van der Waals surface area contributed by atoms with Crippen LogP contribution in [0.1, 0.15) is 18.1 Å². The molecule has 28 heavy (non-hydrogen) atoms. The molecule has 0 saturated heterocycles. The Labute approximate surface area is 183 Å². The number of para-hydroxylation sites is 1.